The summed E-state index contributed by atoms with van der Waals surface area (Å²) in [6.45, 7) is 1.10. The molecule has 1 aliphatic rings. The maximum absolute atomic E-state index is 12.2. The average molecular weight is 266 g/mol. The van der Waals surface area contributed by atoms with Gasteiger partial charge in [0, 0.05) is 12.3 Å². The molecular formula is C12H14N2O3S. The fourth-order valence-electron chi connectivity index (χ4n) is 1.95. The Kier molecular flexibility index (Phi) is 3.55. The zero-order valence-electron chi connectivity index (χ0n) is 9.80. The predicted octanol–water partition coefficient (Wildman–Crippen LogP) is 0.951. The molecule has 2 N–H and O–H groups in total. The summed E-state index contributed by atoms with van der Waals surface area (Å²) < 4.78 is 29.5. The molecule has 1 atom stereocenters. The van der Waals surface area contributed by atoms with Crippen molar-refractivity contribution in [3.8, 4) is 6.07 Å². The number of anilines is 1. The van der Waals surface area contributed by atoms with Gasteiger partial charge < -0.3 is 10.5 Å². The van der Waals surface area contributed by atoms with Crippen LogP contribution in [0.5, 0.6) is 0 Å². The van der Waals surface area contributed by atoms with Gasteiger partial charge in [-0.15, -0.1) is 0 Å². The van der Waals surface area contributed by atoms with Crippen molar-refractivity contribution < 1.29 is 13.2 Å². The lowest BCUT2D eigenvalue weighted by Gasteiger charge is -2.09. The van der Waals surface area contributed by atoms with E-state index in [4.69, 9.17) is 15.7 Å². The number of hydrogen-bond donors (Lipinski definition) is 1. The first-order chi connectivity index (χ1) is 8.53. The first-order valence-corrected chi connectivity index (χ1v) is 7.28. The molecule has 6 heteroatoms. The second-order valence-corrected chi connectivity index (χ2v) is 6.41. The summed E-state index contributed by atoms with van der Waals surface area (Å²) in [5.41, 5.74) is 6.06. The van der Waals surface area contributed by atoms with Crippen molar-refractivity contribution >= 4 is 15.5 Å². The highest BCUT2D eigenvalue weighted by atomic mass is 32.2. The van der Waals surface area contributed by atoms with Crippen LogP contribution >= 0.6 is 0 Å². The van der Waals surface area contributed by atoms with Gasteiger partial charge in [-0.2, -0.15) is 5.26 Å². The molecule has 1 aliphatic heterocycles. The predicted molar refractivity (Wildman–Crippen MR) is 66.5 cm³/mol. The van der Waals surface area contributed by atoms with Crippen LogP contribution in [0.3, 0.4) is 0 Å². The molecule has 2 rings (SSSR count). The molecule has 18 heavy (non-hydrogen) atoms. The van der Waals surface area contributed by atoms with Crippen LogP contribution in [0, 0.1) is 17.2 Å². The van der Waals surface area contributed by atoms with Gasteiger partial charge in [0.05, 0.1) is 22.8 Å². The monoisotopic (exact) mass is 266 g/mol. The summed E-state index contributed by atoms with van der Waals surface area (Å²) in [6, 6.07) is 6.12. The fraction of sp³-hybridized carbons (Fsp3) is 0.417. The standard InChI is InChI=1S/C12H14N2O3S/c13-6-10-5-11(1-2-12(10)14)18(15,16)8-9-3-4-17-7-9/h1-2,5,9H,3-4,7-8,14H2. The maximum Gasteiger partial charge on any atom is 0.178 e. The van der Waals surface area contributed by atoms with Gasteiger partial charge in [0.2, 0.25) is 0 Å². The van der Waals surface area contributed by atoms with Gasteiger partial charge in [0.15, 0.2) is 9.84 Å². The normalized spacial score (nSPS) is 19.6. The lowest BCUT2D eigenvalue weighted by molar-refractivity contribution is 0.188. The Hall–Kier alpha value is -1.58. The van der Waals surface area contributed by atoms with Crippen LogP contribution in [0.25, 0.3) is 0 Å². The van der Waals surface area contributed by atoms with Crippen molar-refractivity contribution in [3.63, 3.8) is 0 Å². The minimum absolute atomic E-state index is 0.0399. The molecular weight excluding hydrogens is 252 g/mol. The van der Waals surface area contributed by atoms with E-state index in [1.807, 2.05) is 6.07 Å². The molecule has 0 bridgehead atoms. The summed E-state index contributed by atoms with van der Waals surface area (Å²) >= 11 is 0. The summed E-state index contributed by atoms with van der Waals surface area (Å²) in [5, 5.41) is 8.85. The summed E-state index contributed by atoms with van der Waals surface area (Å²) in [6.07, 6.45) is 0.763. The van der Waals surface area contributed by atoms with Crippen molar-refractivity contribution in [1.29, 1.82) is 5.26 Å². The Labute approximate surface area is 106 Å². The van der Waals surface area contributed by atoms with E-state index in [0.29, 0.717) is 18.9 Å². The summed E-state index contributed by atoms with van der Waals surface area (Å²) in [7, 11) is -3.38. The smallest absolute Gasteiger partial charge is 0.178 e. The van der Waals surface area contributed by atoms with E-state index >= 15 is 0 Å². The lowest BCUT2D eigenvalue weighted by atomic mass is 10.2. The van der Waals surface area contributed by atoms with Crippen LogP contribution in [0.4, 0.5) is 5.69 Å². The fourth-order valence-corrected chi connectivity index (χ4v) is 3.60. The molecule has 0 radical (unpaired) electrons. The van der Waals surface area contributed by atoms with Gasteiger partial charge in [0.25, 0.3) is 0 Å². The molecule has 1 fully saturated rings. The first-order valence-electron chi connectivity index (χ1n) is 5.63. The topological polar surface area (TPSA) is 93.2 Å². The molecule has 1 saturated heterocycles. The van der Waals surface area contributed by atoms with Crippen LogP contribution in [-0.2, 0) is 14.6 Å². The molecule has 0 spiro atoms. The van der Waals surface area contributed by atoms with Crippen molar-refractivity contribution in [2.75, 3.05) is 24.7 Å². The van der Waals surface area contributed by atoms with E-state index in [1.54, 1.807) is 0 Å². The highest BCUT2D eigenvalue weighted by Crippen LogP contribution is 2.22. The Morgan fingerprint density at radius 3 is 2.89 bits per heavy atom. The number of nitrogens with two attached hydrogens (primary N) is 1. The quantitative estimate of drug-likeness (QED) is 0.822. The molecule has 1 heterocycles. The maximum atomic E-state index is 12.2. The second kappa shape index (κ2) is 4.96. The minimum atomic E-state index is -3.38. The van der Waals surface area contributed by atoms with E-state index in [0.717, 1.165) is 6.42 Å². The molecule has 1 aromatic rings. The third kappa shape index (κ3) is 2.63. The highest BCUT2D eigenvalue weighted by Gasteiger charge is 2.25. The van der Waals surface area contributed by atoms with E-state index in [1.165, 1.54) is 18.2 Å². The molecule has 1 unspecified atom stereocenters. The van der Waals surface area contributed by atoms with Gasteiger partial charge in [-0.3, -0.25) is 0 Å². The average Bonchev–Trinajstić information content (AvgIpc) is 2.81. The van der Waals surface area contributed by atoms with Crippen molar-refractivity contribution in [1.82, 2.24) is 0 Å². The van der Waals surface area contributed by atoms with Crippen LogP contribution in [0.2, 0.25) is 0 Å². The summed E-state index contributed by atoms with van der Waals surface area (Å²) in [5.74, 6) is 0.0972. The third-order valence-electron chi connectivity index (χ3n) is 2.98. The van der Waals surface area contributed by atoms with E-state index in [-0.39, 0.29) is 22.1 Å². The Morgan fingerprint density at radius 1 is 1.50 bits per heavy atom. The van der Waals surface area contributed by atoms with Crippen molar-refractivity contribution in [3.05, 3.63) is 23.8 Å². The van der Waals surface area contributed by atoms with E-state index in [9.17, 15) is 8.42 Å². The number of rotatable bonds is 3. The van der Waals surface area contributed by atoms with Crippen LogP contribution in [0.1, 0.15) is 12.0 Å². The number of nitrogens with zero attached hydrogens (tertiary/aromatic N) is 1. The second-order valence-electron chi connectivity index (χ2n) is 4.37. The lowest BCUT2D eigenvalue weighted by Crippen LogP contribution is -2.16. The van der Waals surface area contributed by atoms with Crippen LogP contribution in [-0.4, -0.2) is 27.4 Å². The largest absolute Gasteiger partial charge is 0.398 e. The molecule has 0 saturated carbocycles. The first kappa shape index (κ1) is 12.9. The SMILES string of the molecule is N#Cc1cc(S(=O)(=O)CC2CCOC2)ccc1N. The van der Waals surface area contributed by atoms with Gasteiger partial charge >= 0.3 is 0 Å². The summed E-state index contributed by atoms with van der Waals surface area (Å²) in [4.78, 5) is 0.153. The molecule has 0 amide bonds. The zero-order valence-corrected chi connectivity index (χ0v) is 10.6. The number of nitrogen functional groups attached to an aromatic ring is 1. The van der Waals surface area contributed by atoms with E-state index in [2.05, 4.69) is 0 Å². The van der Waals surface area contributed by atoms with Gasteiger partial charge in [-0.1, -0.05) is 0 Å². The Morgan fingerprint density at radius 2 is 2.28 bits per heavy atom. The molecule has 96 valence electrons. The minimum Gasteiger partial charge on any atom is -0.398 e. The number of benzene rings is 1. The van der Waals surface area contributed by atoms with Crippen molar-refractivity contribution in [2.24, 2.45) is 5.92 Å². The zero-order chi connectivity index (χ0) is 13.2. The van der Waals surface area contributed by atoms with Gasteiger partial charge in [0.1, 0.15) is 6.07 Å². The van der Waals surface area contributed by atoms with Crippen LogP contribution in [0.15, 0.2) is 23.1 Å². The van der Waals surface area contributed by atoms with E-state index < -0.39 is 9.84 Å². The molecule has 1 aromatic carbocycles. The van der Waals surface area contributed by atoms with Gasteiger partial charge in [-0.25, -0.2) is 8.42 Å². The highest BCUT2D eigenvalue weighted by molar-refractivity contribution is 7.91. The van der Waals surface area contributed by atoms with Crippen molar-refractivity contribution in [2.45, 2.75) is 11.3 Å². The molecule has 5 nitrogen and oxygen atoms in total. The molecule has 0 aliphatic carbocycles. The number of ether oxygens (including phenoxy) is 1. The van der Waals surface area contributed by atoms with Crippen LogP contribution < -0.4 is 5.73 Å². The number of nitriles is 1. The van der Waals surface area contributed by atoms with Gasteiger partial charge in [-0.05, 0) is 30.5 Å². The number of sulfone groups is 1. The third-order valence-corrected chi connectivity index (χ3v) is 4.87. The number of hydrogen-bond acceptors (Lipinski definition) is 5. The molecule has 0 aromatic heterocycles. The Bertz CT molecular complexity index is 584. The Balaban J connectivity index is 2.27.